The number of ketones is 2. The van der Waals surface area contributed by atoms with E-state index in [0.29, 0.717) is 28.8 Å². The molecule has 4 aliphatic rings. The van der Waals surface area contributed by atoms with E-state index in [4.69, 9.17) is 0 Å². The van der Waals surface area contributed by atoms with Crippen LogP contribution in [0.4, 0.5) is 0 Å². The highest BCUT2D eigenvalue weighted by molar-refractivity contribution is 5.82. The van der Waals surface area contributed by atoms with Gasteiger partial charge in [-0.1, -0.05) is 13.8 Å². The maximum absolute atomic E-state index is 12.3. The minimum absolute atomic E-state index is 0.206. The highest BCUT2D eigenvalue weighted by Crippen LogP contribution is 2.54. The minimum Gasteiger partial charge on any atom is -0.300 e. The fraction of sp³-hybridized carbons (Fsp3) is 0.920. The van der Waals surface area contributed by atoms with Crippen molar-refractivity contribution >= 4 is 11.6 Å². The van der Waals surface area contributed by atoms with Gasteiger partial charge in [0.15, 0.2) is 0 Å². The first-order valence-electron chi connectivity index (χ1n) is 12.4. The zero-order valence-corrected chi connectivity index (χ0v) is 19.0. The number of Topliss-reactive ketones (excluding diaryl/α,β-unsaturated/α-hetero) is 2. The summed E-state index contributed by atoms with van der Waals surface area (Å²) >= 11 is 0. The van der Waals surface area contributed by atoms with E-state index in [-0.39, 0.29) is 5.92 Å². The predicted octanol–water partition coefficient (Wildman–Crippen LogP) is 4.32. The molecule has 4 nitrogen and oxygen atoms in total. The molecule has 2 saturated heterocycles. The first-order chi connectivity index (χ1) is 13.9. The summed E-state index contributed by atoms with van der Waals surface area (Å²) in [5.74, 6) is 1.77. The van der Waals surface area contributed by atoms with Crippen LogP contribution < -0.4 is 0 Å². The van der Waals surface area contributed by atoms with E-state index in [1.165, 1.54) is 51.6 Å². The van der Waals surface area contributed by atoms with E-state index in [2.05, 4.69) is 23.6 Å². The van der Waals surface area contributed by atoms with Gasteiger partial charge in [-0.3, -0.25) is 9.59 Å². The Bertz CT molecular complexity index is 584. The average molecular weight is 403 g/mol. The van der Waals surface area contributed by atoms with Crippen molar-refractivity contribution in [3.63, 3.8) is 0 Å². The second-order valence-corrected chi connectivity index (χ2v) is 11.1. The molecule has 0 aromatic heterocycles. The average Bonchev–Trinajstić information content (AvgIpc) is 2.72. The number of carbonyl (C=O) groups is 2. The van der Waals surface area contributed by atoms with Gasteiger partial charge in [-0.25, -0.2) is 0 Å². The number of carbonyl (C=O) groups excluding carboxylic acids is 2. The van der Waals surface area contributed by atoms with Gasteiger partial charge in [-0.15, -0.1) is 0 Å². The lowest BCUT2D eigenvalue weighted by atomic mass is 9.56. The molecular weight excluding hydrogens is 360 g/mol. The first kappa shape index (κ1) is 21.5. The predicted molar refractivity (Wildman–Crippen MR) is 117 cm³/mol. The quantitative estimate of drug-likeness (QED) is 0.687. The molecule has 0 aromatic carbocycles. The number of piperidine rings is 2. The molecule has 0 aromatic rings. The fourth-order valence-corrected chi connectivity index (χ4v) is 6.88. The molecule has 0 amide bonds. The Morgan fingerprint density at radius 3 is 1.79 bits per heavy atom. The molecule has 29 heavy (non-hydrogen) atoms. The molecule has 0 unspecified atom stereocenters. The van der Waals surface area contributed by atoms with Crippen molar-refractivity contribution in [2.45, 2.75) is 97.1 Å². The van der Waals surface area contributed by atoms with Crippen LogP contribution in [0.5, 0.6) is 0 Å². The minimum atomic E-state index is 0.206. The number of hydrogen-bond donors (Lipinski definition) is 0. The van der Waals surface area contributed by atoms with Crippen molar-refractivity contribution in [2.75, 3.05) is 26.2 Å². The van der Waals surface area contributed by atoms with Crippen molar-refractivity contribution in [1.29, 1.82) is 0 Å². The third kappa shape index (κ3) is 4.63. The molecule has 4 heteroatoms. The highest BCUT2D eigenvalue weighted by Gasteiger charge is 2.49. The van der Waals surface area contributed by atoms with Crippen LogP contribution in [0, 0.1) is 23.2 Å². The second-order valence-electron chi connectivity index (χ2n) is 11.1. The van der Waals surface area contributed by atoms with Gasteiger partial charge in [0, 0.05) is 29.8 Å². The molecule has 2 aliphatic heterocycles. The van der Waals surface area contributed by atoms with Gasteiger partial charge in [0.2, 0.25) is 0 Å². The van der Waals surface area contributed by atoms with Gasteiger partial charge in [0.25, 0.3) is 0 Å². The molecule has 0 atom stereocenters. The Morgan fingerprint density at radius 1 is 0.759 bits per heavy atom. The first-order valence-corrected chi connectivity index (χ1v) is 12.4. The molecule has 0 radical (unpaired) electrons. The van der Waals surface area contributed by atoms with Crippen molar-refractivity contribution in [1.82, 2.24) is 9.80 Å². The zero-order valence-electron chi connectivity index (χ0n) is 19.0. The summed E-state index contributed by atoms with van der Waals surface area (Å²) in [6.45, 7) is 10.6. The normalized spacial score (nSPS) is 35.7. The van der Waals surface area contributed by atoms with Gasteiger partial charge < -0.3 is 9.80 Å². The SMILES string of the molecule is CC(=O)C1CCN(C2CCN(C3CC4(CCC(C(=O)C(C)C)CC4)C3)CC2)CC1. The summed E-state index contributed by atoms with van der Waals surface area (Å²) < 4.78 is 0. The Hall–Kier alpha value is -0.740. The topological polar surface area (TPSA) is 40.6 Å². The van der Waals surface area contributed by atoms with Crippen molar-refractivity contribution in [3.8, 4) is 0 Å². The van der Waals surface area contributed by atoms with Crippen LogP contribution in [0.15, 0.2) is 0 Å². The summed E-state index contributed by atoms with van der Waals surface area (Å²) in [6.07, 6.45) is 12.4. The van der Waals surface area contributed by atoms with Crippen LogP contribution in [0.3, 0.4) is 0 Å². The van der Waals surface area contributed by atoms with Crippen LogP contribution in [0.25, 0.3) is 0 Å². The molecule has 0 bridgehead atoms. The lowest BCUT2D eigenvalue weighted by Gasteiger charge is -2.56. The Labute approximate surface area is 177 Å². The molecular formula is C25H42N2O2. The van der Waals surface area contributed by atoms with Crippen LogP contribution in [0.1, 0.15) is 85.0 Å². The van der Waals surface area contributed by atoms with Gasteiger partial charge in [-0.05, 0) is 103 Å². The molecule has 4 rings (SSSR count). The van der Waals surface area contributed by atoms with Crippen LogP contribution in [-0.4, -0.2) is 59.6 Å². The van der Waals surface area contributed by atoms with Crippen LogP contribution in [-0.2, 0) is 9.59 Å². The lowest BCUT2D eigenvalue weighted by molar-refractivity contribution is -0.129. The van der Waals surface area contributed by atoms with Crippen molar-refractivity contribution in [3.05, 3.63) is 0 Å². The van der Waals surface area contributed by atoms with E-state index in [0.717, 1.165) is 50.9 Å². The van der Waals surface area contributed by atoms with Gasteiger partial charge in [0.1, 0.15) is 11.6 Å². The number of hydrogen-bond acceptors (Lipinski definition) is 4. The van der Waals surface area contributed by atoms with Gasteiger partial charge >= 0.3 is 0 Å². The Balaban J connectivity index is 1.17. The maximum Gasteiger partial charge on any atom is 0.138 e. The molecule has 2 heterocycles. The van der Waals surface area contributed by atoms with E-state index < -0.39 is 0 Å². The standard InChI is InChI=1S/C25H42N2O2/c1-18(2)24(29)21-4-10-25(11-5-21)16-23(17-25)27-14-8-22(9-15-27)26-12-6-20(7-13-26)19(3)28/h18,20-23H,4-17H2,1-3H3. The molecule has 2 saturated carbocycles. The third-order valence-corrected chi connectivity index (χ3v) is 8.99. The van der Waals surface area contributed by atoms with Crippen LogP contribution in [0.2, 0.25) is 0 Å². The number of nitrogens with zero attached hydrogens (tertiary/aromatic N) is 2. The monoisotopic (exact) mass is 402 g/mol. The largest absolute Gasteiger partial charge is 0.300 e. The van der Waals surface area contributed by atoms with E-state index in [1.807, 2.05) is 0 Å². The van der Waals surface area contributed by atoms with Crippen molar-refractivity contribution < 1.29 is 9.59 Å². The van der Waals surface area contributed by atoms with E-state index >= 15 is 0 Å². The summed E-state index contributed by atoms with van der Waals surface area (Å²) in [6, 6.07) is 1.54. The summed E-state index contributed by atoms with van der Waals surface area (Å²) in [7, 11) is 0. The molecule has 1 spiro atoms. The maximum atomic E-state index is 12.3. The molecule has 4 fully saturated rings. The smallest absolute Gasteiger partial charge is 0.138 e. The number of likely N-dealkylation sites (tertiary alicyclic amines) is 2. The van der Waals surface area contributed by atoms with Crippen LogP contribution >= 0.6 is 0 Å². The zero-order chi connectivity index (χ0) is 20.6. The number of rotatable bonds is 5. The lowest BCUT2D eigenvalue weighted by Crippen LogP contribution is -2.56. The molecule has 0 N–H and O–H groups in total. The fourth-order valence-electron chi connectivity index (χ4n) is 6.88. The second kappa shape index (κ2) is 8.78. The van der Waals surface area contributed by atoms with Gasteiger partial charge in [-0.2, -0.15) is 0 Å². The van der Waals surface area contributed by atoms with Crippen molar-refractivity contribution in [2.24, 2.45) is 23.2 Å². The van der Waals surface area contributed by atoms with Gasteiger partial charge in [0.05, 0.1) is 0 Å². The Morgan fingerprint density at radius 2 is 1.28 bits per heavy atom. The third-order valence-electron chi connectivity index (χ3n) is 8.99. The van der Waals surface area contributed by atoms with E-state index in [1.54, 1.807) is 6.92 Å². The Kier molecular flexibility index (Phi) is 6.51. The summed E-state index contributed by atoms with van der Waals surface area (Å²) in [5, 5.41) is 0. The molecule has 2 aliphatic carbocycles. The highest BCUT2D eigenvalue weighted by atomic mass is 16.1. The summed E-state index contributed by atoms with van der Waals surface area (Å²) in [4.78, 5) is 29.4. The summed E-state index contributed by atoms with van der Waals surface area (Å²) in [5.41, 5.74) is 0.573. The molecule has 164 valence electrons. The van der Waals surface area contributed by atoms with E-state index in [9.17, 15) is 9.59 Å².